The highest BCUT2D eigenvalue weighted by molar-refractivity contribution is 5.24. The van der Waals surface area contributed by atoms with Gasteiger partial charge in [-0.2, -0.15) is 4.39 Å². The molecule has 126 valence electrons. The smallest absolute Gasteiger partial charge is 0.330 e. The molecule has 0 bridgehead atoms. The number of aromatic nitrogens is 2. The Balaban J connectivity index is 2.61. The van der Waals surface area contributed by atoms with Crippen LogP contribution in [-0.4, -0.2) is 50.4 Å². The highest BCUT2D eigenvalue weighted by Gasteiger charge is 2.59. The number of ether oxygens (including phenoxy) is 1. The average molecular weight is 334 g/mol. The largest absolute Gasteiger partial charge is 0.391 e. The second-order valence-electron chi connectivity index (χ2n) is 4.99. The number of nitrogens with one attached hydrogen (secondary N) is 1. The van der Waals surface area contributed by atoms with Gasteiger partial charge in [-0.15, -0.1) is 0 Å². The standard InChI is InChI=1S/C13H13F3N2O5/c1-6(19)8-9(20)13(16,3-2-4-14)11(23-8)18-5-7(15)10(21)17-12(18)22/h5-6,8-9,11,19-20H,4H2,1H3,(H,17,21,22)/t6-,8-,9?,11-,13-/m1/s1. The maximum atomic E-state index is 15.1. The zero-order valence-corrected chi connectivity index (χ0v) is 11.8. The molecule has 10 heteroatoms. The first-order chi connectivity index (χ1) is 10.7. The molecule has 1 unspecified atom stereocenters. The van der Waals surface area contributed by atoms with E-state index in [0.717, 1.165) is 0 Å². The molecular weight excluding hydrogens is 321 g/mol. The van der Waals surface area contributed by atoms with Crippen LogP contribution in [0.15, 0.2) is 15.8 Å². The molecule has 0 spiro atoms. The highest BCUT2D eigenvalue weighted by Crippen LogP contribution is 2.41. The summed E-state index contributed by atoms with van der Waals surface area (Å²) in [6, 6.07) is 0. The molecule has 1 aliphatic heterocycles. The Morgan fingerprint density at radius 1 is 1.57 bits per heavy atom. The average Bonchev–Trinajstić information content (AvgIpc) is 2.74. The number of rotatable bonds is 2. The summed E-state index contributed by atoms with van der Waals surface area (Å²) in [6.07, 6.45) is -6.50. The van der Waals surface area contributed by atoms with E-state index >= 15 is 4.39 Å². The molecule has 3 N–H and O–H groups in total. The number of H-pyrrole nitrogens is 1. The van der Waals surface area contributed by atoms with Gasteiger partial charge in [-0.25, -0.2) is 13.6 Å². The third-order valence-corrected chi connectivity index (χ3v) is 3.39. The zero-order valence-electron chi connectivity index (χ0n) is 11.8. The van der Waals surface area contributed by atoms with Crippen molar-refractivity contribution in [1.29, 1.82) is 0 Å². The minimum absolute atomic E-state index is 0.343. The van der Waals surface area contributed by atoms with Crippen LogP contribution in [0, 0.1) is 17.7 Å². The zero-order chi connectivity index (χ0) is 17.4. The second-order valence-corrected chi connectivity index (χ2v) is 4.99. The molecule has 23 heavy (non-hydrogen) atoms. The maximum absolute atomic E-state index is 15.1. The third-order valence-electron chi connectivity index (χ3n) is 3.39. The van der Waals surface area contributed by atoms with Gasteiger partial charge in [-0.3, -0.25) is 14.3 Å². The molecule has 0 amide bonds. The van der Waals surface area contributed by atoms with Crippen LogP contribution in [0.1, 0.15) is 13.2 Å². The van der Waals surface area contributed by atoms with E-state index in [1.54, 1.807) is 16.8 Å². The lowest BCUT2D eigenvalue weighted by atomic mass is 9.94. The molecule has 0 radical (unpaired) electrons. The van der Waals surface area contributed by atoms with Crippen LogP contribution in [0.4, 0.5) is 13.2 Å². The summed E-state index contributed by atoms with van der Waals surface area (Å²) in [6.45, 7) is -0.0468. The van der Waals surface area contributed by atoms with Crippen LogP contribution in [-0.2, 0) is 4.74 Å². The van der Waals surface area contributed by atoms with Gasteiger partial charge in [-0.05, 0) is 6.92 Å². The van der Waals surface area contributed by atoms with Crippen LogP contribution in [0.5, 0.6) is 0 Å². The van der Waals surface area contributed by atoms with Crippen molar-refractivity contribution < 1.29 is 28.1 Å². The number of aliphatic hydroxyl groups excluding tert-OH is 2. The topological polar surface area (TPSA) is 105 Å². The Kier molecular flexibility index (Phi) is 4.65. The summed E-state index contributed by atoms with van der Waals surface area (Å²) in [5, 5.41) is 19.5. The summed E-state index contributed by atoms with van der Waals surface area (Å²) in [4.78, 5) is 24.4. The number of halogens is 3. The highest BCUT2D eigenvalue weighted by atomic mass is 19.1. The number of aromatic amines is 1. The van der Waals surface area contributed by atoms with Gasteiger partial charge >= 0.3 is 5.69 Å². The molecule has 0 aromatic carbocycles. The van der Waals surface area contributed by atoms with Crippen molar-refractivity contribution in [3.8, 4) is 11.8 Å². The van der Waals surface area contributed by atoms with Crippen LogP contribution in [0.2, 0.25) is 0 Å². The van der Waals surface area contributed by atoms with Gasteiger partial charge in [0.2, 0.25) is 11.5 Å². The number of hydrogen-bond donors (Lipinski definition) is 3. The fourth-order valence-electron chi connectivity index (χ4n) is 2.29. The molecule has 2 heterocycles. The van der Waals surface area contributed by atoms with Crippen LogP contribution >= 0.6 is 0 Å². The van der Waals surface area contributed by atoms with Crippen molar-refractivity contribution in [1.82, 2.24) is 9.55 Å². The summed E-state index contributed by atoms with van der Waals surface area (Å²) < 4.78 is 46.1. The van der Waals surface area contributed by atoms with Gasteiger partial charge in [0, 0.05) is 0 Å². The summed E-state index contributed by atoms with van der Waals surface area (Å²) in [5.41, 5.74) is -5.54. The molecule has 1 saturated heterocycles. The second kappa shape index (κ2) is 6.19. The van der Waals surface area contributed by atoms with Crippen molar-refractivity contribution in [2.24, 2.45) is 0 Å². The first-order valence-electron chi connectivity index (χ1n) is 6.49. The molecule has 5 atom stereocenters. The molecule has 2 rings (SSSR count). The van der Waals surface area contributed by atoms with Crippen LogP contribution in [0.3, 0.4) is 0 Å². The van der Waals surface area contributed by atoms with E-state index in [0.29, 0.717) is 10.8 Å². The van der Waals surface area contributed by atoms with Crippen molar-refractivity contribution in [2.45, 2.75) is 37.1 Å². The maximum Gasteiger partial charge on any atom is 0.330 e. The molecule has 1 aromatic heterocycles. The van der Waals surface area contributed by atoms with Crippen molar-refractivity contribution in [3.63, 3.8) is 0 Å². The van der Waals surface area contributed by atoms with Crippen LogP contribution < -0.4 is 11.2 Å². The fourth-order valence-corrected chi connectivity index (χ4v) is 2.29. The van der Waals surface area contributed by atoms with E-state index in [-0.39, 0.29) is 0 Å². The van der Waals surface area contributed by atoms with E-state index in [1.807, 2.05) is 0 Å². The van der Waals surface area contributed by atoms with Gasteiger partial charge in [0.1, 0.15) is 18.9 Å². The predicted octanol–water partition coefficient (Wildman–Crippen LogP) is -1.00. The Bertz CT molecular complexity index is 765. The lowest BCUT2D eigenvalue weighted by Gasteiger charge is -2.24. The lowest BCUT2D eigenvalue weighted by Crippen LogP contribution is -2.46. The molecular formula is C13H13F3N2O5. The van der Waals surface area contributed by atoms with E-state index < -0.39 is 53.9 Å². The number of hydrogen-bond acceptors (Lipinski definition) is 5. The molecule has 1 fully saturated rings. The van der Waals surface area contributed by atoms with E-state index in [4.69, 9.17) is 4.74 Å². The summed E-state index contributed by atoms with van der Waals surface area (Å²) >= 11 is 0. The molecule has 7 nitrogen and oxygen atoms in total. The SMILES string of the molecule is C[C@@H](O)[C@H]1O[C@@H](n2cc(F)c(=O)[nH]c2=O)[C@@](F)(C#CCF)C1O. The van der Waals surface area contributed by atoms with Crippen molar-refractivity contribution in [2.75, 3.05) is 6.67 Å². The first-order valence-corrected chi connectivity index (χ1v) is 6.49. The van der Waals surface area contributed by atoms with Gasteiger partial charge in [0.15, 0.2) is 6.23 Å². The minimum Gasteiger partial charge on any atom is -0.391 e. The van der Waals surface area contributed by atoms with E-state index in [1.165, 1.54) is 6.92 Å². The third kappa shape index (κ3) is 2.90. The van der Waals surface area contributed by atoms with Gasteiger partial charge < -0.3 is 14.9 Å². The quantitative estimate of drug-likeness (QED) is 0.602. The summed E-state index contributed by atoms with van der Waals surface area (Å²) in [5.74, 6) is 2.17. The van der Waals surface area contributed by atoms with Gasteiger partial charge in [0.25, 0.3) is 5.56 Å². The normalized spacial score (nSPS) is 31.5. The van der Waals surface area contributed by atoms with Crippen LogP contribution in [0.25, 0.3) is 0 Å². The van der Waals surface area contributed by atoms with E-state index in [2.05, 4.69) is 0 Å². The number of aliphatic hydroxyl groups is 2. The van der Waals surface area contributed by atoms with Crippen molar-refractivity contribution in [3.05, 3.63) is 32.9 Å². The Morgan fingerprint density at radius 3 is 2.78 bits per heavy atom. The Morgan fingerprint density at radius 2 is 2.22 bits per heavy atom. The molecule has 0 saturated carbocycles. The molecule has 0 aliphatic carbocycles. The van der Waals surface area contributed by atoms with Crippen molar-refractivity contribution >= 4 is 0 Å². The monoisotopic (exact) mass is 334 g/mol. The van der Waals surface area contributed by atoms with E-state index in [9.17, 15) is 28.6 Å². The Labute approximate surface area is 127 Å². The number of nitrogens with zero attached hydrogens (tertiary/aromatic N) is 1. The Hall–Kier alpha value is -2.09. The minimum atomic E-state index is -3.00. The van der Waals surface area contributed by atoms with Gasteiger partial charge in [0.05, 0.1) is 12.3 Å². The summed E-state index contributed by atoms with van der Waals surface area (Å²) in [7, 11) is 0. The molecule has 1 aromatic rings. The number of alkyl halides is 2. The first kappa shape index (κ1) is 17.3. The van der Waals surface area contributed by atoms with Gasteiger partial charge in [-0.1, -0.05) is 11.8 Å². The predicted molar refractivity (Wildman–Crippen MR) is 70.5 cm³/mol. The fraction of sp³-hybridized carbons (Fsp3) is 0.538. The molecule has 1 aliphatic rings. The lowest BCUT2D eigenvalue weighted by molar-refractivity contribution is -0.0806.